The first-order chi connectivity index (χ1) is 14.0. The van der Waals surface area contributed by atoms with E-state index in [1.807, 2.05) is 6.07 Å². The average molecular weight is 412 g/mol. The molecular formula is C20H20N4O4S. The Hall–Kier alpha value is -3.46. The van der Waals surface area contributed by atoms with Gasteiger partial charge in [0.25, 0.3) is 5.91 Å². The Morgan fingerprint density at radius 2 is 1.90 bits per heavy atom. The van der Waals surface area contributed by atoms with Gasteiger partial charge in [0.1, 0.15) is 0 Å². The minimum atomic E-state index is -0.429. The van der Waals surface area contributed by atoms with E-state index in [1.165, 1.54) is 26.0 Å². The molecule has 0 bridgehead atoms. The minimum absolute atomic E-state index is 0.238. The van der Waals surface area contributed by atoms with Crippen LogP contribution in [0.25, 0.3) is 11.4 Å². The third-order valence-electron chi connectivity index (χ3n) is 4.20. The Balaban J connectivity index is 2.15. The number of nitrogens with zero attached hydrogens (tertiary/aromatic N) is 4. The quantitative estimate of drug-likeness (QED) is 0.435. The van der Waals surface area contributed by atoms with Crippen molar-refractivity contribution in [2.24, 2.45) is 0 Å². The zero-order chi connectivity index (χ0) is 21.0. The molecule has 0 N–H and O–H groups in total. The largest absolute Gasteiger partial charge is 0.493 e. The molecule has 29 heavy (non-hydrogen) atoms. The highest BCUT2D eigenvalue weighted by Gasteiger charge is 2.22. The van der Waals surface area contributed by atoms with Gasteiger partial charge < -0.3 is 14.2 Å². The lowest BCUT2D eigenvalue weighted by Gasteiger charge is -2.13. The van der Waals surface area contributed by atoms with Crippen LogP contribution < -0.4 is 14.2 Å². The van der Waals surface area contributed by atoms with Crippen LogP contribution in [0.1, 0.15) is 10.4 Å². The lowest BCUT2D eigenvalue weighted by Crippen LogP contribution is -2.15. The van der Waals surface area contributed by atoms with Gasteiger partial charge in [0, 0.05) is 30.1 Å². The number of ether oxygens (including phenoxy) is 3. The number of aromatic nitrogens is 4. The van der Waals surface area contributed by atoms with E-state index in [9.17, 15) is 4.79 Å². The van der Waals surface area contributed by atoms with Gasteiger partial charge in [-0.3, -0.25) is 14.3 Å². The van der Waals surface area contributed by atoms with Crippen LogP contribution in [0.4, 0.5) is 0 Å². The first kappa shape index (κ1) is 20.3. The summed E-state index contributed by atoms with van der Waals surface area (Å²) in [6.45, 7) is 4.15. The molecule has 0 aliphatic carbocycles. The smallest absolute Gasteiger partial charge is 0.281 e. The second kappa shape index (κ2) is 8.70. The molecule has 0 atom stereocenters. The molecule has 0 radical (unpaired) electrons. The number of carbonyl (C=O) groups excluding carboxylic acids is 1. The van der Waals surface area contributed by atoms with Crippen LogP contribution >= 0.6 is 12.2 Å². The number of hydrogen-bond donors (Lipinski definition) is 0. The van der Waals surface area contributed by atoms with Crippen molar-refractivity contribution in [3.63, 3.8) is 0 Å². The van der Waals surface area contributed by atoms with Crippen LogP contribution in [0.3, 0.4) is 0 Å². The summed E-state index contributed by atoms with van der Waals surface area (Å²) in [4.78, 5) is 17.3. The summed E-state index contributed by atoms with van der Waals surface area (Å²) >= 11 is 5.51. The summed E-state index contributed by atoms with van der Waals surface area (Å²) in [5, 5.41) is 4.45. The van der Waals surface area contributed by atoms with E-state index in [4.69, 9.17) is 26.4 Å². The van der Waals surface area contributed by atoms with Gasteiger partial charge in [0.2, 0.25) is 10.5 Å². The number of rotatable bonds is 7. The molecule has 0 saturated heterocycles. The van der Waals surface area contributed by atoms with E-state index in [2.05, 4.69) is 16.7 Å². The molecule has 2 aromatic heterocycles. The van der Waals surface area contributed by atoms with E-state index in [0.717, 1.165) is 5.56 Å². The fourth-order valence-corrected chi connectivity index (χ4v) is 3.14. The number of benzene rings is 1. The van der Waals surface area contributed by atoms with Gasteiger partial charge in [-0.05, 0) is 36.5 Å². The molecule has 150 valence electrons. The van der Waals surface area contributed by atoms with E-state index in [0.29, 0.717) is 29.6 Å². The van der Waals surface area contributed by atoms with Gasteiger partial charge in [-0.25, -0.2) is 0 Å². The predicted molar refractivity (Wildman–Crippen MR) is 110 cm³/mol. The summed E-state index contributed by atoms with van der Waals surface area (Å²) in [7, 11) is 4.46. The third-order valence-corrected chi connectivity index (χ3v) is 4.59. The summed E-state index contributed by atoms with van der Waals surface area (Å²) in [5.74, 6) is 1.20. The van der Waals surface area contributed by atoms with E-state index >= 15 is 0 Å². The van der Waals surface area contributed by atoms with Gasteiger partial charge in [-0.2, -0.15) is 4.68 Å². The van der Waals surface area contributed by atoms with Crippen molar-refractivity contribution in [1.29, 1.82) is 0 Å². The van der Waals surface area contributed by atoms with Crippen LogP contribution in [0, 0.1) is 4.77 Å². The van der Waals surface area contributed by atoms with Crippen molar-refractivity contribution in [3.05, 3.63) is 59.6 Å². The number of methoxy groups -OCH3 is 3. The molecule has 0 amide bonds. The Kier molecular flexibility index (Phi) is 6.08. The van der Waals surface area contributed by atoms with Crippen molar-refractivity contribution in [1.82, 2.24) is 19.3 Å². The molecule has 9 heteroatoms. The monoisotopic (exact) mass is 412 g/mol. The molecular weight excluding hydrogens is 392 g/mol. The van der Waals surface area contributed by atoms with E-state index in [-0.39, 0.29) is 10.3 Å². The van der Waals surface area contributed by atoms with Crippen molar-refractivity contribution < 1.29 is 19.0 Å². The highest BCUT2D eigenvalue weighted by molar-refractivity contribution is 7.71. The van der Waals surface area contributed by atoms with Crippen LogP contribution in [-0.2, 0) is 6.54 Å². The SMILES string of the molecule is C=CCn1c(-c2cccnc2)nn(C(=O)c2cc(OC)c(OC)c(OC)c2)c1=S. The Morgan fingerprint density at radius 3 is 2.41 bits per heavy atom. The van der Waals surface area contributed by atoms with Gasteiger partial charge in [0.15, 0.2) is 17.3 Å². The van der Waals surface area contributed by atoms with E-state index in [1.54, 1.807) is 41.2 Å². The van der Waals surface area contributed by atoms with Crippen LogP contribution in [0.15, 0.2) is 49.3 Å². The lowest BCUT2D eigenvalue weighted by molar-refractivity contribution is 0.0942. The van der Waals surface area contributed by atoms with Crippen molar-refractivity contribution in [3.8, 4) is 28.6 Å². The minimum Gasteiger partial charge on any atom is -0.493 e. The highest BCUT2D eigenvalue weighted by Crippen LogP contribution is 2.38. The van der Waals surface area contributed by atoms with Crippen molar-refractivity contribution in [2.75, 3.05) is 21.3 Å². The molecule has 3 aromatic rings. The molecule has 0 aliphatic heterocycles. The third kappa shape index (κ3) is 3.77. The van der Waals surface area contributed by atoms with Crippen molar-refractivity contribution >= 4 is 18.1 Å². The predicted octanol–water partition coefficient (Wildman–Crippen LogP) is 3.38. The second-order valence-corrected chi connectivity index (χ2v) is 6.24. The second-order valence-electron chi connectivity index (χ2n) is 5.88. The van der Waals surface area contributed by atoms with Gasteiger partial charge in [-0.15, -0.1) is 11.7 Å². The molecule has 1 aromatic carbocycles. The van der Waals surface area contributed by atoms with Gasteiger partial charge >= 0.3 is 0 Å². The Bertz CT molecular complexity index is 1080. The first-order valence-corrected chi connectivity index (χ1v) is 9.02. The Morgan fingerprint density at radius 1 is 1.21 bits per heavy atom. The van der Waals surface area contributed by atoms with Crippen LogP contribution in [0.2, 0.25) is 0 Å². The van der Waals surface area contributed by atoms with Gasteiger partial charge in [0.05, 0.1) is 21.3 Å². The molecule has 0 fully saturated rings. The summed E-state index contributed by atoms with van der Waals surface area (Å²) in [6, 6.07) is 6.75. The molecule has 0 saturated carbocycles. The van der Waals surface area contributed by atoms with Gasteiger partial charge in [-0.1, -0.05) is 6.08 Å². The zero-order valence-electron chi connectivity index (χ0n) is 16.3. The van der Waals surface area contributed by atoms with E-state index < -0.39 is 5.91 Å². The summed E-state index contributed by atoms with van der Waals surface area (Å²) in [6.07, 6.45) is 5.00. The zero-order valence-corrected chi connectivity index (χ0v) is 17.1. The molecule has 2 heterocycles. The molecule has 0 spiro atoms. The Labute approximate surface area is 173 Å². The number of pyridine rings is 1. The lowest BCUT2D eigenvalue weighted by atomic mass is 10.1. The topological polar surface area (TPSA) is 80.4 Å². The molecule has 8 nitrogen and oxygen atoms in total. The van der Waals surface area contributed by atoms with Crippen LogP contribution in [0.5, 0.6) is 17.2 Å². The number of hydrogen-bond acceptors (Lipinski definition) is 7. The molecule has 3 rings (SSSR count). The van der Waals surface area contributed by atoms with Crippen molar-refractivity contribution in [2.45, 2.75) is 6.54 Å². The maximum Gasteiger partial charge on any atom is 0.281 e. The fourth-order valence-electron chi connectivity index (χ4n) is 2.86. The normalized spacial score (nSPS) is 10.4. The molecule has 0 unspecified atom stereocenters. The summed E-state index contributed by atoms with van der Waals surface area (Å²) in [5.41, 5.74) is 1.02. The average Bonchev–Trinajstić information content (AvgIpc) is 3.09. The highest BCUT2D eigenvalue weighted by atomic mass is 32.1. The number of carbonyl (C=O) groups is 1. The standard InChI is InChI=1S/C20H20N4O4S/c1-5-9-23-18(13-7-6-8-21-12-13)22-24(20(23)29)19(25)14-10-15(26-2)17(28-4)16(11-14)27-3/h5-8,10-12H,1,9H2,2-4H3. The van der Waals surface area contributed by atoms with Crippen LogP contribution in [-0.4, -0.2) is 46.6 Å². The maximum atomic E-state index is 13.2. The number of allylic oxidation sites excluding steroid dienone is 1. The fraction of sp³-hybridized carbons (Fsp3) is 0.200. The summed E-state index contributed by atoms with van der Waals surface area (Å²) < 4.78 is 19.1. The maximum absolute atomic E-state index is 13.2. The first-order valence-electron chi connectivity index (χ1n) is 8.61. The molecule has 0 aliphatic rings.